The Balaban J connectivity index is 1.05. The average molecular weight is 1160 g/mol. The standard InChI is InChI=1S/C57H86N12O14/c1-35(2)48(50(73)63-44(12-11-30-61-51(58)74)49(72)62-37-15-13-36(14-16-37)32-80-53(76)83-39-19-17-38(18-20-39)69(77)78)64-47(71)26-28-55(5,6)81-31-29-54(3,4)68-45-24-22-41-40(21-23-43(45)66-67-68)42(41)33-79-52(75)65-57(9,59)34-82-56(7,8)27-25-46(70)60-10/h13-20,35,40-42,44,48H,11-12,21-34,59H2,1-10H3,(H,60,70)(H,62,72)(H,63,73)(H,64,71)(H,65,75)(H3,58,61,74)/t40?,41?,42?,44-,48?,57?/m0/s1. The minimum absolute atomic E-state index is 0.0315. The summed E-state index contributed by atoms with van der Waals surface area (Å²) in [4.78, 5) is 99.5. The molecule has 0 spiro atoms. The van der Waals surface area contributed by atoms with Crippen LogP contribution in [0.2, 0.25) is 0 Å². The van der Waals surface area contributed by atoms with E-state index in [1.807, 2.05) is 32.4 Å². The maximum Gasteiger partial charge on any atom is 0.514 e. The lowest BCUT2D eigenvalue weighted by Crippen LogP contribution is -2.58. The molecule has 10 N–H and O–H groups in total. The summed E-state index contributed by atoms with van der Waals surface area (Å²) in [6.07, 6.45) is 3.87. The summed E-state index contributed by atoms with van der Waals surface area (Å²) in [5, 5.41) is 36.3. The van der Waals surface area contributed by atoms with Gasteiger partial charge in [-0.1, -0.05) is 31.2 Å². The number of anilines is 1. The van der Waals surface area contributed by atoms with E-state index in [4.69, 9.17) is 35.2 Å². The molecule has 2 aliphatic rings. The molecule has 1 aromatic heterocycles. The predicted molar refractivity (Wildman–Crippen MR) is 305 cm³/mol. The lowest BCUT2D eigenvalue weighted by atomic mass is 9.97. The first kappa shape index (κ1) is 66.4. The van der Waals surface area contributed by atoms with Crippen molar-refractivity contribution in [3.05, 3.63) is 75.6 Å². The quantitative estimate of drug-likeness (QED) is 0.00945. The van der Waals surface area contributed by atoms with Gasteiger partial charge in [-0.05, 0) is 160 Å². The van der Waals surface area contributed by atoms with E-state index in [9.17, 15) is 43.7 Å². The van der Waals surface area contributed by atoms with Crippen molar-refractivity contribution >= 4 is 53.3 Å². The fourth-order valence-electron chi connectivity index (χ4n) is 9.75. The number of fused-ring (bicyclic) bond motifs is 2. The summed E-state index contributed by atoms with van der Waals surface area (Å²) in [6, 6.07) is 8.44. The number of nitro groups is 1. The van der Waals surface area contributed by atoms with Crippen molar-refractivity contribution in [2.45, 2.75) is 174 Å². The molecule has 0 bridgehead atoms. The Hall–Kier alpha value is -7.45. The lowest BCUT2D eigenvalue weighted by Gasteiger charge is -2.32. The van der Waals surface area contributed by atoms with E-state index in [-0.39, 0.29) is 80.7 Å². The zero-order valence-electron chi connectivity index (χ0n) is 49.6. The van der Waals surface area contributed by atoms with E-state index < -0.39 is 69.5 Å². The molecule has 1 saturated carbocycles. The number of nitrogens with two attached hydrogens (primary N) is 2. The zero-order valence-corrected chi connectivity index (χ0v) is 49.6. The largest absolute Gasteiger partial charge is 0.514 e. The number of aromatic nitrogens is 3. The number of nitrogens with zero attached hydrogens (tertiary/aromatic N) is 4. The summed E-state index contributed by atoms with van der Waals surface area (Å²) in [5.41, 5.74) is 11.4. The molecule has 2 aliphatic carbocycles. The third-order valence-electron chi connectivity index (χ3n) is 15.0. The molecule has 1 fully saturated rings. The van der Waals surface area contributed by atoms with Gasteiger partial charge in [0.25, 0.3) is 5.69 Å². The smallest absolute Gasteiger partial charge is 0.449 e. The van der Waals surface area contributed by atoms with E-state index in [0.29, 0.717) is 55.4 Å². The van der Waals surface area contributed by atoms with Crippen LogP contribution >= 0.6 is 0 Å². The number of primary amides is 1. The van der Waals surface area contributed by atoms with Gasteiger partial charge in [-0.3, -0.25) is 29.3 Å². The Kier molecular flexibility index (Phi) is 23.7. The number of urea groups is 1. The molecule has 83 heavy (non-hydrogen) atoms. The van der Waals surface area contributed by atoms with Gasteiger partial charge in [-0.15, -0.1) is 5.10 Å². The van der Waals surface area contributed by atoms with Gasteiger partial charge in [0.2, 0.25) is 23.6 Å². The van der Waals surface area contributed by atoms with Gasteiger partial charge >= 0.3 is 18.3 Å². The van der Waals surface area contributed by atoms with Crippen LogP contribution in [0.15, 0.2) is 48.5 Å². The number of hydrogen-bond donors (Lipinski definition) is 8. The molecular weight excluding hydrogens is 1080 g/mol. The maximum atomic E-state index is 13.9. The van der Waals surface area contributed by atoms with Crippen molar-refractivity contribution in [3.63, 3.8) is 0 Å². The third-order valence-corrected chi connectivity index (χ3v) is 15.0. The number of alkyl carbamates (subject to hydrolysis) is 1. The highest BCUT2D eigenvalue weighted by Crippen LogP contribution is 2.53. The number of benzene rings is 2. The van der Waals surface area contributed by atoms with Crippen LogP contribution in [-0.2, 0) is 63.1 Å². The molecule has 0 radical (unpaired) electrons. The number of amides is 7. The van der Waals surface area contributed by atoms with Gasteiger partial charge in [-0.25, -0.2) is 19.1 Å². The van der Waals surface area contributed by atoms with Gasteiger partial charge in [0, 0.05) is 50.9 Å². The Labute approximate surface area is 484 Å². The van der Waals surface area contributed by atoms with Gasteiger partial charge in [-0.2, -0.15) is 0 Å². The second kappa shape index (κ2) is 29.7. The lowest BCUT2D eigenvalue weighted by molar-refractivity contribution is -0.384. The van der Waals surface area contributed by atoms with Crippen LogP contribution in [0.4, 0.5) is 25.8 Å². The summed E-state index contributed by atoms with van der Waals surface area (Å²) < 4.78 is 30.3. The van der Waals surface area contributed by atoms with Gasteiger partial charge in [0.1, 0.15) is 30.1 Å². The van der Waals surface area contributed by atoms with Crippen molar-refractivity contribution < 1.29 is 62.2 Å². The second-order valence-electron chi connectivity index (χ2n) is 23.9. The van der Waals surface area contributed by atoms with E-state index >= 15 is 0 Å². The van der Waals surface area contributed by atoms with Gasteiger partial charge in [0.05, 0.1) is 46.3 Å². The summed E-state index contributed by atoms with van der Waals surface area (Å²) >= 11 is 0. The number of nitro benzene ring substituents is 1. The van der Waals surface area contributed by atoms with Crippen LogP contribution in [0, 0.1) is 33.8 Å². The normalized spacial score (nSPS) is 17.3. The SMILES string of the molecule is CNC(=O)CCC(C)(C)OCC(C)(N)NC(=O)OCC1C2CCc3nnn(C(C)(C)CCOC(C)(C)CCC(=O)NC(C(=O)N[C@@H](CCCNC(N)=O)C(=O)Nc4ccc(COC(=O)Oc5ccc([N+](=O)[O-])cc5)cc4)C(C)C)c3CCC21. The number of aryl methyl sites for hydroxylation is 1. The first-order valence-electron chi connectivity index (χ1n) is 28.2. The molecule has 0 saturated heterocycles. The molecule has 7 amide bonds. The average Bonchev–Trinajstić information content (AvgIpc) is 4.07. The number of carbonyl (C=O) groups is 7. The minimum Gasteiger partial charge on any atom is -0.449 e. The number of carbonyl (C=O) groups excluding carboxylic acids is 7. The van der Waals surface area contributed by atoms with E-state index in [0.717, 1.165) is 37.1 Å². The van der Waals surface area contributed by atoms with Crippen LogP contribution in [-0.4, -0.2) is 124 Å². The van der Waals surface area contributed by atoms with E-state index in [1.165, 1.54) is 24.3 Å². The minimum atomic E-state index is -1.18. The Morgan fingerprint density at radius 1 is 0.819 bits per heavy atom. The highest BCUT2D eigenvalue weighted by atomic mass is 16.7. The summed E-state index contributed by atoms with van der Waals surface area (Å²) in [7, 11) is 1.59. The van der Waals surface area contributed by atoms with Crippen LogP contribution in [0.3, 0.4) is 0 Å². The zero-order chi connectivity index (χ0) is 61.3. The molecule has 5 rings (SSSR count). The number of ether oxygens (including phenoxy) is 5. The second-order valence-corrected chi connectivity index (χ2v) is 23.9. The van der Waals surface area contributed by atoms with Crippen LogP contribution in [0.25, 0.3) is 0 Å². The molecule has 26 nitrogen and oxygen atoms in total. The summed E-state index contributed by atoms with van der Waals surface area (Å²) in [6.45, 7) is 17.6. The third kappa shape index (κ3) is 21.7. The molecule has 26 heteroatoms. The van der Waals surface area contributed by atoms with E-state index in [2.05, 4.69) is 56.1 Å². The molecule has 2 aromatic carbocycles. The van der Waals surface area contributed by atoms with Crippen LogP contribution < -0.4 is 48.1 Å². The molecule has 0 aliphatic heterocycles. The number of non-ortho nitro benzene ring substituents is 1. The maximum absolute atomic E-state index is 13.9. The van der Waals surface area contributed by atoms with Crippen LogP contribution in [0.1, 0.15) is 137 Å². The van der Waals surface area contributed by atoms with Crippen LogP contribution in [0.5, 0.6) is 5.75 Å². The van der Waals surface area contributed by atoms with E-state index in [1.54, 1.807) is 52.1 Å². The van der Waals surface area contributed by atoms with Gasteiger partial charge < -0.3 is 67.1 Å². The highest BCUT2D eigenvalue weighted by molar-refractivity contribution is 5.98. The Morgan fingerprint density at radius 3 is 2.08 bits per heavy atom. The monoisotopic (exact) mass is 1160 g/mol. The first-order valence-corrected chi connectivity index (χ1v) is 28.2. The predicted octanol–water partition coefficient (Wildman–Crippen LogP) is 5.78. The number of nitrogens with one attached hydrogen (secondary N) is 6. The molecular formula is C57H86N12O14. The molecule has 6 atom stereocenters. The first-order chi connectivity index (χ1) is 39.0. The molecule has 5 unspecified atom stereocenters. The summed E-state index contributed by atoms with van der Waals surface area (Å²) in [5.74, 6) is -0.875. The van der Waals surface area contributed by atoms with Crippen molar-refractivity contribution in [1.29, 1.82) is 0 Å². The highest BCUT2D eigenvalue weighted by Gasteiger charge is 2.51. The number of rotatable bonds is 31. The Bertz CT molecular complexity index is 2710. The molecule has 3 aromatic rings. The molecule has 1 heterocycles. The fourth-order valence-corrected chi connectivity index (χ4v) is 9.75. The van der Waals surface area contributed by atoms with Crippen molar-refractivity contribution in [3.8, 4) is 5.75 Å². The van der Waals surface area contributed by atoms with Gasteiger partial charge in [0.15, 0.2) is 0 Å². The number of hydrogen-bond acceptors (Lipinski definition) is 17. The molecule has 458 valence electrons. The topological polar surface area (TPSA) is 364 Å². The Morgan fingerprint density at radius 2 is 1.46 bits per heavy atom. The van der Waals surface area contributed by atoms with Crippen molar-refractivity contribution in [2.75, 3.05) is 38.7 Å². The van der Waals surface area contributed by atoms with Crippen molar-refractivity contribution in [2.24, 2.45) is 35.1 Å². The van der Waals surface area contributed by atoms with Crippen molar-refractivity contribution in [1.82, 2.24) is 41.6 Å². The fraction of sp³-hybridized carbons (Fsp3) is 0.632.